The fourth-order valence-electron chi connectivity index (χ4n) is 4.49. The van der Waals surface area contributed by atoms with Gasteiger partial charge in [-0.3, -0.25) is 9.59 Å². The molecule has 0 aliphatic rings. The van der Waals surface area contributed by atoms with Crippen LogP contribution in [0.4, 0.5) is 4.79 Å². The number of amides is 3. The molecule has 7 heteroatoms. The number of hydrazine groups is 1. The van der Waals surface area contributed by atoms with Gasteiger partial charge in [-0.25, -0.2) is 15.2 Å². The second-order valence-corrected chi connectivity index (χ2v) is 9.39. The molecule has 0 spiro atoms. The number of Topliss-reactive ketones (excluding diaryl/α,β-unsaturated/α-hetero) is 1. The number of carbonyl (C=O) groups excluding carboxylic acids is 3. The molecule has 0 aliphatic heterocycles. The van der Waals surface area contributed by atoms with E-state index in [0.717, 1.165) is 32.5 Å². The summed E-state index contributed by atoms with van der Waals surface area (Å²) in [6.07, 6.45) is 1.27. The second kappa shape index (κ2) is 13.9. The Morgan fingerprint density at radius 3 is 2.05 bits per heavy atom. The van der Waals surface area contributed by atoms with E-state index in [2.05, 4.69) is 10.7 Å². The predicted molar refractivity (Wildman–Crippen MR) is 152 cm³/mol. The maximum atomic E-state index is 13.5. The number of benzene rings is 4. The summed E-state index contributed by atoms with van der Waals surface area (Å²) < 4.78 is 0. The molecule has 0 aromatic heterocycles. The maximum Gasteiger partial charge on any atom is 0.333 e. The van der Waals surface area contributed by atoms with E-state index >= 15 is 0 Å². The molecule has 0 saturated heterocycles. The smallest absolute Gasteiger partial charge is 0.333 e. The second-order valence-electron chi connectivity index (χ2n) is 9.39. The Morgan fingerprint density at radius 2 is 1.36 bits per heavy atom. The summed E-state index contributed by atoms with van der Waals surface area (Å²) in [4.78, 5) is 39.2. The van der Waals surface area contributed by atoms with Crippen LogP contribution in [0.25, 0.3) is 10.8 Å². The fraction of sp³-hybridized carbons (Fsp3) is 0.219. The minimum atomic E-state index is -1.01. The third kappa shape index (κ3) is 7.99. The lowest BCUT2D eigenvalue weighted by Gasteiger charge is -2.31. The Labute approximate surface area is 228 Å². The number of nitrogens with zero attached hydrogens (tertiary/aromatic N) is 1. The number of carbonyl (C=O) groups is 3. The Bertz CT molecular complexity index is 1390. The van der Waals surface area contributed by atoms with Crippen LogP contribution in [0, 0.1) is 0 Å². The highest BCUT2D eigenvalue weighted by atomic mass is 16.3. The van der Waals surface area contributed by atoms with E-state index < -0.39 is 30.4 Å². The molecule has 4 aromatic carbocycles. The summed E-state index contributed by atoms with van der Waals surface area (Å²) in [5.41, 5.74) is 5.47. The number of rotatable bonds is 11. The van der Waals surface area contributed by atoms with Gasteiger partial charge in [0.05, 0.1) is 0 Å². The lowest BCUT2D eigenvalue weighted by molar-refractivity contribution is -0.143. The van der Waals surface area contributed by atoms with Crippen LogP contribution in [0.5, 0.6) is 0 Å². The van der Waals surface area contributed by atoms with Gasteiger partial charge < -0.3 is 10.4 Å². The van der Waals surface area contributed by atoms with Crippen molar-refractivity contribution in [3.8, 4) is 0 Å². The first-order valence-electron chi connectivity index (χ1n) is 13.1. The van der Waals surface area contributed by atoms with Gasteiger partial charge in [0.15, 0.2) is 5.78 Å². The molecule has 0 bridgehead atoms. The molecule has 0 heterocycles. The zero-order valence-corrected chi connectivity index (χ0v) is 21.8. The van der Waals surface area contributed by atoms with Crippen LogP contribution in [0.1, 0.15) is 29.5 Å². The average molecular weight is 524 g/mol. The van der Waals surface area contributed by atoms with Crippen molar-refractivity contribution in [2.75, 3.05) is 6.61 Å². The summed E-state index contributed by atoms with van der Waals surface area (Å²) in [7, 11) is 0. The van der Waals surface area contributed by atoms with Gasteiger partial charge in [-0.1, -0.05) is 103 Å². The summed E-state index contributed by atoms with van der Waals surface area (Å²) in [5, 5.41) is 15.7. The average Bonchev–Trinajstić information content (AvgIpc) is 2.99. The van der Waals surface area contributed by atoms with Crippen molar-refractivity contribution in [3.63, 3.8) is 0 Å². The Hall–Kier alpha value is -4.49. The van der Waals surface area contributed by atoms with Crippen LogP contribution in [0.2, 0.25) is 0 Å². The van der Waals surface area contributed by atoms with Gasteiger partial charge in [-0.15, -0.1) is 0 Å². The van der Waals surface area contributed by atoms with Crippen LogP contribution in [0.15, 0.2) is 103 Å². The number of hydrogen-bond donors (Lipinski definition) is 3. The van der Waals surface area contributed by atoms with E-state index in [1.165, 1.54) is 0 Å². The highest BCUT2D eigenvalue weighted by Crippen LogP contribution is 2.18. The minimum Gasteiger partial charge on any atom is -0.388 e. The molecule has 0 fully saturated rings. The van der Waals surface area contributed by atoms with Gasteiger partial charge in [0.1, 0.15) is 12.6 Å². The molecule has 0 aliphatic carbocycles. The molecule has 200 valence electrons. The van der Waals surface area contributed by atoms with Crippen LogP contribution >= 0.6 is 0 Å². The molecular weight excluding hydrogens is 490 g/mol. The largest absolute Gasteiger partial charge is 0.388 e. The molecular formula is C32H33N3O4. The molecule has 3 N–H and O–H groups in total. The number of aliphatic hydroxyl groups is 1. The molecule has 39 heavy (non-hydrogen) atoms. The van der Waals surface area contributed by atoms with Crippen molar-refractivity contribution in [2.45, 2.75) is 38.3 Å². The molecule has 1 atom stereocenters. The van der Waals surface area contributed by atoms with Crippen molar-refractivity contribution in [2.24, 2.45) is 0 Å². The molecule has 0 unspecified atom stereocenters. The fourth-order valence-corrected chi connectivity index (χ4v) is 4.49. The highest BCUT2D eigenvalue weighted by molar-refractivity contribution is 5.91. The molecule has 3 amide bonds. The van der Waals surface area contributed by atoms with Gasteiger partial charge in [0.2, 0.25) is 5.91 Å². The van der Waals surface area contributed by atoms with E-state index in [1.54, 1.807) is 0 Å². The molecule has 0 radical (unpaired) electrons. The quantitative estimate of drug-likeness (QED) is 0.251. The predicted octanol–water partition coefficient (Wildman–Crippen LogP) is 4.58. The van der Waals surface area contributed by atoms with Crippen molar-refractivity contribution >= 4 is 28.5 Å². The lowest BCUT2D eigenvalue weighted by atomic mass is 10.0. The van der Waals surface area contributed by atoms with E-state index in [-0.39, 0.29) is 19.4 Å². The number of nitrogens with one attached hydrogen (secondary N) is 2. The summed E-state index contributed by atoms with van der Waals surface area (Å²) in [5.74, 6) is -0.939. The first-order chi connectivity index (χ1) is 19.0. The monoisotopic (exact) mass is 523 g/mol. The topological polar surface area (TPSA) is 98.7 Å². The first kappa shape index (κ1) is 27.5. The zero-order valence-electron chi connectivity index (χ0n) is 21.8. The van der Waals surface area contributed by atoms with Gasteiger partial charge in [-0.05, 0) is 46.7 Å². The minimum absolute atomic E-state index is 0.0812. The number of aryl methyl sites for hydroxylation is 2. The zero-order chi connectivity index (χ0) is 27.5. The van der Waals surface area contributed by atoms with Crippen molar-refractivity contribution in [1.82, 2.24) is 15.8 Å². The van der Waals surface area contributed by atoms with Gasteiger partial charge >= 0.3 is 6.03 Å². The van der Waals surface area contributed by atoms with Gasteiger partial charge in [0, 0.05) is 13.0 Å². The Balaban J connectivity index is 1.49. The van der Waals surface area contributed by atoms with Crippen molar-refractivity contribution < 1.29 is 19.5 Å². The molecule has 0 saturated carbocycles. The number of urea groups is 1. The maximum absolute atomic E-state index is 13.5. The van der Waals surface area contributed by atoms with Crippen LogP contribution in [0.3, 0.4) is 0 Å². The Kier molecular flexibility index (Phi) is 9.80. The number of aliphatic hydroxyl groups excluding tert-OH is 1. The highest BCUT2D eigenvalue weighted by Gasteiger charge is 2.30. The molecule has 7 nitrogen and oxygen atoms in total. The van der Waals surface area contributed by atoms with E-state index in [4.69, 9.17) is 0 Å². The number of fused-ring (bicyclic) bond motifs is 1. The molecule has 4 rings (SSSR count). The van der Waals surface area contributed by atoms with E-state index in [9.17, 15) is 19.5 Å². The lowest BCUT2D eigenvalue weighted by Crippen LogP contribution is -2.57. The van der Waals surface area contributed by atoms with Crippen molar-refractivity contribution in [3.05, 3.63) is 120 Å². The van der Waals surface area contributed by atoms with Crippen LogP contribution < -0.4 is 10.7 Å². The van der Waals surface area contributed by atoms with Crippen LogP contribution in [-0.2, 0) is 29.0 Å². The number of hydrogen-bond acceptors (Lipinski definition) is 4. The summed E-state index contributed by atoms with van der Waals surface area (Å²) >= 11 is 0. The SMILES string of the molecule is O=C(NCc1ccccc1)NN(C(=O)CCc1ccc2ccccc2c1)[C@@H](CCc1ccccc1)C(=O)CO. The Morgan fingerprint density at radius 1 is 0.718 bits per heavy atom. The molecule has 4 aromatic rings. The van der Waals surface area contributed by atoms with Gasteiger partial charge in [-0.2, -0.15) is 0 Å². The third-order valence-electron chi connectivity index (χ3n) is 6.62. The first-order valence-corrected chi connectivity index (χ1v) is 13.1. The normalized spacial score (nSPS) is 11.5. The van der Waals surface area contributed by atoms with Gasteiger partial charge in [0.25, 0.3) is 0 Å². The van der Waals surface area contributed by atoms with E-state index in [1.807, 2.05) is 103 Å². The third-order valence-corrected chi connectivity index (χ3v) is 6.62. The van der Waals surface area contributed by atoms with Crippen molar-refractivity contribution in [1.29, 1.82) is 0 Å². The van der Waals surface area contributed by atoms with E-state index in [0.29, 0.717) is 12.8 Å². The summed E-state index contributed by atoms with van der Waals surface area (Å²) in [6.45, 7) is -0.477. The summed E-state index contributed by atoms with van der Waals surface area (Å²) in [6, 6.07) is 31.4. The standard InChI is InChI=1S/C32H33N3O4/c36-23-30(37)29(19-16-24-9-3-1-4-10-24)35(34-32(39)33-22-26-11-5-2-6-12-26)31(38)20-17-25-15-18-27-13-7-8-14-28(27)21-25/h1-15,18,21,29,36H,16-17,19-20,22-23H2,(H2,33,34,39)/t29-/m0/s1. The van der Waals surface area contributed by atoms with Crippen LogP contribution in [-0.4, -0.2) is 40.5 Å². The number of ketones is 1.